The third-order valence-corrected chi connectivity index (χ3v) is 7.54. The van der Waals surface area contributed by atoms with Crippen LogP contribution in [0.25, 0.3) is 22.4 Å². The lowest BCUT2D eigenvalue weighted by molar-refractivity contribution is -0.121. The average Bonchev–Trinajstić information content (AvgIpc) is 3.29. The van der Waals surface area contributed by atoms with Crippen LogP contribution in [0.5, 0.6) is 0 Å². The molecule has 6 heteroatoms. The van der Waals surface area contributed by atoms with Crippen molar-refractivity contribution >= 4 is 34.2 Å². The van der Waals surface area contributed by atoms with Gasteiger partial charge in [-0.05, 0) is 86.9 Å². The molecule has 0 bridgehead atoms. The highest BCUT2D eigenvalue weighted by Crippen LogP contribution is 2.30. The zero-order valence-corrected chi connectivity index (χ0v) is 19.9. The van der Waals surface area contributed by atoms with Crippen LogP contribution in [0.15, 0.2) is 42.5 Å². The van der Waals surface area contributed by atoms with E-state index in [2.05, 4.69) is 22.5 Å². The van der Waals surface area contributed by atoms with Crippen molar-refractivity contribution in [3.63, 3.8) is 0 Å². The Morgan fingerprint density at radius 1 is 0.794 bits per heavy atom. The number of nitrogens with one attached hydrogen (secondary N) is 3. The molecule has 1 aromatic heterocycles. The van der Waals surface area contributed by atoms with Gasteiger partial charge in [0.05, 0.1) is 11.0 Å². The normalized spacial score (nSPS) is 21.3. The molecule has 2 fully saturated rings. The average molecular weight is 459 g/mol. The first kappa shape index (κ1) is 22.6. The van der Waals surface area contributed by atoms with Gasteiger partial charge in [-0.1, -0.05) is 26.2 Å². The molecule has 0 spiro atoms. The van der Waals surface area contributed by atoms with Crippen LogP contribution in [0.4, 0.5) is 11.4 Å². The summed E-state index contributed by atoms with van der Waals surface area (Å²) in [5, 5.41) is 6.16. The van der Waals surface area contributed by atoms with Gasteiger partial charge in [0.25, 0.3) is 0 Å². The van der Waals surface area contributed by atoms with E-state index in [0.717, 1.165) is 91.1 Å². The summed E-state index contributed by atoms with van der Waals surface area (Å²) in [5.41, 5.74) is 4.31. The third kappa shape index (κ3) is 5.16. The lowest BCUT2D eigenvalue weighted by Crippen LogP contribution is -2.26. The number of benzene rings is 2. The largest absolute Gasteiger partial charge is 0.338 e. The van der Waals surface area contributed by atoms with Crippen molar-refractivity contribution in [1.29, 1.82) is 0 Å². The molecule has 0 unspecified atom stereocenters. The molecule has 0 saturated heterocycles. The summed E-state index contributed by atoms with van der Waals surface area (Å²) in [7, 11) is 0. The summed E-state index contributed by atoms with van der Waals surface area (Å²) in [4.78, 5) is 33.3. The quantitative estimate of drug-likeness (QED) is 0.407. The number of rotatable bonds is 5. The predicted octanol–water partition coefficient (Wildman–Crippen LogP) is 6.51. The van der Waals surface area contributed by atoms with Gasteiger partial charge < -0.3 is 15.6 Å². The molecule has 3 N–H and O–H groups in total. The molecule has 0 aliphatic heterocycles. The molecule has 1 heterocycles. The van der Waals surface area contributed by atoms with Crippen LogP contribution in [0.1, 0.15) is 64.7 Å². The highest BCUT2D eigenvalue weighted by molar-refractivity contribution is 5.95. The van der Waals surface area contributed by atoms with E-state index in [1.807, 2.05) is 42.5 Å². The Kier molecular flexibility index (Phi) is 6.66. The number of carbonyl (C=O) groups is 2. The summed E-state index contributed by atoms with van der Waals surface area (Å²) < 4.78 is 0. The summed E-state index contributed by atoms with van der Waals surface area (Å²) in [5.74, 6) is 2.00. The molecule has 2 aromatic carbocycles. The van der Waals surface area contributed by atoms with E-state index in [9.17, 15) is 9.59 Å². The lowest BCUT2D eigenvalue weighted by Gasteiger charge is -2.25. The first-order valence-corrected chi connectivity index (χ1v) is 12.8. The smallest absolute Gasteiger partial charge is 0.227 e. The van der Waals surface area contributed by atoms with E-state index >= 15 is 0 Å². The van der Waals surface area contributed by atoms with Crippen molar-refractivity contribution < 1.29 is 9.59 Å². The number of H-pyrrole nitrogens is 1. The zero-order valence-electron chi connectivity index (χ0n) is 19.9. The van der Waals surface area contributed by atoms with E-state index < -0.39 is 0 Å². The first-order valence-electron chi connectivity index (χ1n) is 12.8. The Balaban J connectivity index is 1.24. The van der Waals surface area contributed by atoms with Crippen molar-refractivity contribution in [3.8, 4) is 11.4 Å². The molecule has 178 valence electrons. The van der Waals surface area contributed by atoms with E-state index in [0.29, 0.717) is 0 Å². The number of anilines is 2. The van der Waals surface area contributed by atoms with Gasteiger partial charge in [-0.15, -0.1) is 0 Å². The highest BCUT2D eigenvalue weighted by atomic mass is 16.2. The number of nitrogens with zero attached hydrogens (tertiary/aromatic N) is 1. The van der Waals surface area contributed by atoms with Crippen LogP contribution in [-0.4, -0.2) is 21.8 Å². The lowest BCUT2D eigenvalue weighted by atomic mass is 9.82. The number of imidazole rings is 1. The monoisotopic (exact) mass is 458 g/mol. The van der Waals surface area contributed by atoms with E-state index in [4.69, 9.17) is 4.98 Å². The Morgan fingerprint density at radius 3 is 2.12 bits per heavy atom. The highest BCUT2D eigenvalue weighted by Gasteiger charge is 2.24. The number of hydrogen-bond acceptors (Lipinski definition) is 3. The molecule has 34 heavy (non-hydrogen) atoms. The maximum absolute atomic E-state index is 12.7. The van der Waals surface area contributed by atoms with Crippen LogP contribution in [-0.2, 0) is 9.59 Å². The summed E-state index contributed by atoms with van der Waals surface area (Å²) >= 11 is 0. The van der Waals surface area contributed by atoms with Gasteiger partial charge in [-0.3, -0.25) is 9.59 Å². The maximum Gasteiger partial charge on any atom is 0.227 e. The van der Waals surface area contributed by atoms with Gasteiger partial charge in [0.15, 0.2) is 0 Å². The number of aromatic amines is 1. The third-order valence-electron chi connectivity index (χ3n) is 7.54. The molecular weight excluding hydrogens is 424 g/mol. The second kappa shape index (κ2) is 10.00. The van der Waals surface area contributed by atoms with Gasteiger partial charge in [0.2, 0.25) is 11.8 Å². The fraction of sp³-hybridized carbons (Fsp3) is 0.464. The molecule has 5 rings (SSSR count). The van der Waals surface area contributed by atoms with E-state index in [-0.39, 0.29) is 23.7 Å². The van der Waals surface area contributed by atoms with Crippen LogP contribution < -0.4 is 10.6 Å². The minimum Gasteiger partial charge on any atom is -0.338 e. The standard InChI is InChI=1S/C28H34N4O2/c1-18-7-9-21(10-8-18)28(34)30-23-15-16-24-25(17-23)32-26(31-24)19-11-13-22(14-12-19)29-27(33)20-5-3-2-4-6-20/h11-18,20-21H,2-10H2,1H3,(H,29,33)(H,30,34)(H,31,32). The van der Waals surface area contributed by atoms with Crippen molar-refractivity contribution in [2.24, 2.45) is 17.8 Å². The topological polar surface area (TPSA) is 86.9 Å². The van der Waals surface area contributed by atoms with Gasteiger partial charge in [-0.25, -0.2) is 4.98 Å². The molecule has 2 saturated carbocycles. The van der Waals surface area contributed by atoms with Crippen molar-refractivity contribution in [2.45, 2.75) is 64.7 Å². The van der Waals surface area contributed by atoms with Gasteiger partial charge in [-0.2, -0.15) is 0 Å². The van der Waals surface area contributed by atoms with Gasteiger partial charge in [0, 0.05) is 28.8 Å². The Morgan fingerprint density at radius 2 is 1.41 bits per heavy atom. The predicted molar refractivity (Wildman–Crippen MR) is 136 cm³/mol. The van der Waals surface area contributed by atoms with Crippen molar-refractivity contribution in [2.75, 3.05) is 10.6 Å². The van der Waals surface area contributed by atoms with Gasteiger partial charge in [0.1, 0.15) is 5.82 Å². The molecule has 6 nitrogen and oxygen atoms in total. The Hall–Kier alpha value is -3.15. The number of aromatic nitrogens is 2. The number of amides is 2. The Labute approximate surface area is 200 Å². The molecule has 2 aliphatic carbocycles. The van der Waals surface area contributed by atoms with Crippen molar-refractivity contribution in [3.05, 3.63) is 42.5 Å². The molecular formula is C28H34N4O2. The fourth-order valence-corrected chi connectivity index (χ4v) is 5.31. The Bertz CT molecular complexity index is 1150. The fourth-order valence-electron chi connectivity index (χ4n) is 5.31. The van der Waals surface area contributed by atoms with E-state index in [1.165, 1.54) is 6.42 Å². The number of hydrogen-bond donors (Lipinski definition) is 3. The first-order chi connectivity index (χ1) is 16.5. The number of fused-ring (bicyclic) bond motifs is 1. The summed E-state index contributed by atoms with van der Waals surface area (Å²) in [6, 6.07) is 13.6. The molecule has 2 amide bonds. The zero-order chi connectivity index (χ0) is 23.5. The minimum atomic E-state index is 0.112. The summed E-state index contributed by atoms with van der Waals surface area (Å²) in [6.07, 6.45) is 9.72. The molecule has 3 aromatic rings. The van der Waals surface area contributed by atoms with Crippen LogP contribution >= 0.6 is 0 Å². The van der Waals surface area contributed by atoms with Crippen LogP contribution in [0.3, 0.4) is 0 Å². The molecule has 2 aliphatic rings. The van der Waals surface area contributed by atoms with Crippen LogP contribution in [0, 0.1) is 17.8 Å². The minimum absolute atomic E-state index is 0.112. The molecule has 0 atom stereocenters. The van der Waals surface area contributed by atoms with Crippen LogP contribution in [0.2, 0.25) is 0 Å². The second-order valence-corrected chi connectivity index (χ2v) is 10.2. The SMILES string of the molecule is CC1CCC(C(=O)Nc2ccc3nc(-c4ccc(NC(=O)C5CCCCC5)cc4)[nH]c3c2)CC1. The maximum atomic E-state index is 12.7. The second-order valence-electron chi connectivity index (χ2n) is 10.2. The van der Waals surface area contributed by atoms with E-state index in [1.54, 1.807) is 0 Å². The van der Waals surface area contributed by atoms with Crippen molar-refractivity contribution in [1.82, 2.24) is 9.97 Å². The van der Waals surface area contributed by atoms with Gasteiger partial charge >= 0.3 is 0 Å². The number of carbonyl (C=O) groups excluding carboxylic acids is 2. The summed E-state index contributed by atoms with van der Waals surface area (Å²) in [6.45, 7) is 2.26. The molecule has 0 radical (unpaired) electrons.